The topological polar surface area (TPSA) is 187 Å². The summed E-state index contributed by atoms with van der Waals surface area (Å²) in [5.41, 5.74) is 12.2. The quantitative estimate of drug-likeness (QED) is 0.193. The predicted octanol–water partition coefficient (Wildman–Crippen LogP) is 4.08. The van der Waals surface area contributed by atoms with Crippen molar-refractivity contribution in [1.29, 1.82) is 0 Å². The van der Waals surface area contributed by atoms with Crippen molar-refractivity contribution >= 4 is 35.1 Å². The van der Waals surface area contributed by atoms with Gasteiger partial charge in [0, 0.05) is 86.9 Å². The number of nitrogens with one attached hydrogen (secondary N) is 1. The third-order valence-electron chi connectivity index (χ3n) is 11.9. The van der Waals surface area contributed by atoms with E-state index in [9.17, 15) is 23.6 Å². The van der Waals surface area contributed by atoms with Crippen molar-refractivity contribution in [2.24, 2.45) is 13.0 Å². The number of likely N-dealkylation sites (tertiary alicyclic amines) is 1. The van der Waals surface area contributed by atoms with Gasteiger partial charge in [0.15, 0.2) is 11.6 Å². The first-order chi connectivity index (χ1) is 28.4. The number of aryl methyl sites for hydroxylation is 2. The standard InChI is InChI=1S/C42H44FN11O5/c1-23-19-53(49-38(23)26-14-36(39(44)45-17-26)59-24(2)32-15-27(43)4-6-30(32)34-18-46-50(3)48-34)28-10-12-51(13-11-28)20-25-21-52(22-25)29-5-7-31-33(16-29)42(58)54(41(31)57)35-8-9-37(55)47-40(35)56/h4-7,14-19,24-25,28,35H,8-13,20-22H2,1-3H3,(H2,44,45)(H,47,55,56)/t24-,35?/m1/s1. The molecule has 16 nitrogen and oxygen atoms in total. The van der Waals surface area contributed by atoms with Gasteiger partial charge in [0.2, 0.25) is 11.8 Å². The van der Waals surface area contributed by atoms with Crippen molar-refractivity contribution in [3.8, 4) is 28.3 Å². The minimum absolute atomic E-state index is 0.0849. The van der Waals surface area contributed by atoms with E-state index in [1.165, 1.54) is 16.9 Å². The molecule has 5 aromatic rings. The molecule has 0 spiro atoms. The van der Waals surface area contributed by atoms with Gasteiger partial charge in [-0.25, -0.2) is 9.37 Å². The molecule has 4 amide bonds. The summed E-state index contributed by atoms with van der Waals surface area (Å²) in [6.45, 7) is 8.38. The number of nitrogens with zero attached hydrogens (tertiary/aromatic N) is 9. The van der Waals surface area contributed by atoms with Crippen LogP contribution in [-0.2, 0) is 16.6 Å². The maximum Gasteiger partial charge on any atom is 0.262 e. The molecule has 304 valence electrons. The Hall–Kier alpha value is -6.49. The summed E-state index contributed by atoms with van der Waals surface area (Å²) in [7, 11) is 1.72. The van der Waals surface area contributed by atoms with Crippen molar-refractivity contribution in [2.45, 2.75) is 57.7 Å². The number of carbonyl (C=O) groups excluding carboxylic acids is 4. The van der Waals surface area contributed by atoms with Crippen LogP contribution in [0.4, 0.5) is 15.9 Å². The highest BCUT2D eigenvalue weighted by Crippen LogP contribution is 2.37. The Kier molecular flexibility index (Phi) is 9.69. The van der Waals surface area contributed by atoms with E-state index in [4.69, 9.17) is 15.6 Å². The van der Waals surface area contributed by atoms with Crippen LogP contribution >= 0.6 is 0 Å². The lowest BCUT2D eigenvalue weighted by molar-refractivity contribution is -0.136. The summed E-state index contributed by atoms with van der Waals surface area (Å²) in [6.07, 6.45) is 6.95. The highest BCUT2D eigenvalue weighted by molar-refractivity contribution is 6.23. The van der Waals surface area contributed by atoms with E-state index in [1.807, 2.05) is 26.0 Å². The van der Waals surface area contributed by atoms with Gasteiger partial charge >= 0.3 is 0 Å². The fourth-order valence-corrected chi connectivity index (χ4v) is 8.74. The number of ether oxygens (including phenoxy) is 1. The second-order valence-corrected chi connectivity index (χ2v) is 15.9. The summed E-state index contributed by atoms with van der Waals surface area (Å²) in [6, 6.07) is 10.9. The fourth-order valence-electron chi connectivity index (χ4n) is 8.74. The van der Waals surface area contributed by atoms with E-state index in [-0.39, 0.29) is 36.1 Å². The van der Waals surface area contributed by atoms with Crippen LogP contribution < -0.4 is 20.7 Å². The fraction of sp³-hybridized carbons (Fsp3) is 0.381. The zero-order chi connectivity index (χ0) is 41.1. The number of aromatic nitrogens is 6. The number of benzene rings is 2. The molecule has 4 aliphatic rings. The van der Waals surface area contributed by atoms with Crippen LogP contribution in [0.3, 0.4) is 0 Å². The molecule has 3 N–H and O–H groups in total. The summed E-state index contributed by atoms with van der Waals surface area (Å²) in [5.74, 6) is -1.34. The first kappa shape index (κ1) is 38.1. The Balaban J connectivity index is 0.794. The Labute approximate surface area is 339 Å². The Morgan fingerprint density at radius 1 is 0.949 bits per heavy atom. The molecular formula is C42H44FN11O5. The van der Waals surface area contributed by atoms with Crippen LogP contribution in [-0.4, -0.2) is 102 Å². The van der Waals surface area contributed by atoms with Gasteiger partial charge in [-0.3, -0.25) is 34.1 Å². The molecule has 0 aliphatic carbocycles. The van der Waals surface area contributed by atoms with E-state index in [0.29, 0.717) is 34.1 Å². The Bertz CT molecular complexity index is 2500. The van der Waals surface area contributed by atoms with Crippen LogP contribution in [0, 0.1) is 18.7 Å². The number of nitrogens with two attached hydrogens (primary N) is 1. The van der Waals surface area contributed by atoms with E-state index in [2.05, 4.69) is 41.2 Å². The average molecular weight is 802 g/mol. The number of amides is 4. The van der Waals surface area contributed by atoms with E-state index >= 15 is 0 Å². The zero-order valence-electron chi connectivity index (χ0n) is 33.0. The van der Waals surface area contributed by atoms with Gasteiger partial charge in [-0.1, -0.05) is 0 Å². The molecule has 0 bridgehead atoms. The number of carbonyl (C=O) groups is 4. The molecule has 3 aromatic heterocycles. The highest BCUT2D eigenvalue weighted by Gasteiger charge is 2.45. The maximum atomic E-state index is 14.4. The summed E-state index contributed by atoms with van der Waals surface area (Å²) >= 11 is 0. The third kappa shape index (κ3) is 7.19. The summed E-state index contributed by atoms with van der Waals surface area (Å²) < 4.78 is 22.8. The molecule has 59 heavy (non-hydrogen) atoms. The van der Waals surface area contributed by atoms with Gasteiger partial charge in [-0.05, 0) is 81.1 Å². The van der Waals surface area contributed by atoms with Crippen molar-refractivity contribution in [1.82, 2.24) is 44.9 Å². The lowest BCUT2D eigenvalue weighted by Crippen LogP contribution is -2.54. The van der Waals surface area contributed by atoms with Crippen LogP contribution in [0.25, 0.3) is 22.5 Å². The number of fused-ring (bicyclic) bond motifs is 1. The van der Waals surface area contributed by atoms with Gasteiger partial charge in [-0.15, -0.1) is 0 Å². The molecular weight excluding hydrogens is 758 g/mol. The minimum Gasteiger partial charge on any atom is -0.482 e. The van der Waals surface area contributed by atoms with Crippen molar-refractivity contribution in [3.63, 3.8) is 0 Å². The van der Waals surface area contributed by atoms with Crippen LogP contribution in [0.2, 0.25) is 0 Å². The first-order valence-corrected chi connectivity index (χ1v) is 19.9. The number of imide groups is 2. The van der Waals surface area contributed by atoms with Crippen LogP contribution in [0.1, 0.15) is 76.6 Å². The molecule has 17 heteroatoms. The molecule has 2 aromatic carbocycles. The number of halogens is 1. The summed E-state index contributed by atoms with van der Waals surface area (Å²) in [5, 5.41) is 15.8. The number of hydrogen-bond acceptors (Lipinski definition) is 12. The maximum absolute atomic E-state index is 14.4. The largest absolute Gasteiger partial charge is 0.482 e. The van der Waals surface area contributed by atoms with E-state index in [1.54, 1.807) is 37.6 Å². The lowest BCUT2D eigenvalue weighted by atomic mass is 9.95. The third-order valence-corrected chi connectivity index (χ3v) is 11.9. The smallest absolute Gasteiger partial charge is 0.262 e. The van der Waals surface area contributed by atoms with E-state index < -0.39 is 35.8 Å². The second kappa shape index (κ2) is 15.0. The van der Waals surface area contributed by atoms with Gasteiger partial charge in [-0.2, -0.15) is 20.1 Å². The normalized spacial score (nSPS) is 19.6. The molecule has 2 atom stereocenters. The van der Waals surface area contributed by atoms with Crippen molar-refractivity contribution in [2.75, 3.05) is 43.4 Å². The van der Waals surface area contributed by atoms with Crippen molar-refractivity contribution < 1.29 is 28.3 Å². The van der Waals surface area contributed by atoms with Crippen LogP contribution in [0.5, 0.6) is 5.75 Å². The molecule has 0 radical (unpaired) electrons. The first-order valence-electron chi connectivity index (χ1n) is 19.9. The monoisotopic (exact) mass is 801 g/mol. The predicted molar refractivity (Wildman–Crippen MR) is 214 cm³/mol. The lowest BCUT2D eigenvalue weighted by Gasteiger charge is -2.44. The summed E-state index contributed by atoms with van der Waals surface area (Å²) in [4.78, 5) is 62.1. The molecule has 3 saturated heterocycles. The number of pyridine rings is 1. The molecule has 3 fully saturated rings. The number of piperidine rings is 2. The molecule has 4 aliphatic heterocycles. The number of hydrogen-bond donors (Lipinski definition) is 2. The molecule has 1 unspecified atom stereocenters. The Morgan fingerprint density at radius 3 is 2.46 bits per heavy atom. The van der Waals surface area contributed by atoms with Crippen LogP contribution in [0.15, 0.2) is 61.1 Å². The average Bonchev–Trinajstić information content (AvgIpc) is 3.88. The zero-order valence-corrected chi connectivity index (χ0v) is 33.0. The van der Waals surface area contributed by atoms with Gasteiger partial charge < -0.3 is 20.3 Å². The number of nitrogen functional groups attached to an aromatic ring is 1. The highest BCUT2D eigenvalue weighted by atomic mass is 19.1. The molecule has 9 rings (SSSR count). The number of rotatable bonds is 10. The van der Waals surface area contributed by atoms with Gasteiger partial charge in [0.1, 0.15) is 23.7 Å². The Morgan fingerprint density at radius 2 is 1.71 bits per heavy atom. The molecule has 0 saturated carbocycles. The van der Waals surface area contributed by atoms with Gasteiger partial charge in [0.05, 0.1) is 29.1 Å². The molecule has 7 heterocycles. The van der Waals surface area contributed by atoms with Crippen molar-refractivity contribution in [3.05, 3.63) is 89.1 Å². The van der Waals surface area contributed by atoms with Gasteiger partial charge in [0.25, 0.3) is 11.8 Å². The SMILES string of the molecule is Cc1cn(C2CCN(CC3CN(c4ccc5c(c4)C(=O)N(C4CCC(=O)NC4=O)C5=O)C3)CC2)nc1-c1cnc(N)c(O[C@H](C)c2cc(F)ccc2-c2cnn(C)n2)c1. The second-order valence-electron chi connectivity index (χ2n) is 15.9. The van der Waals surface area contributed by atoms with E-state index in [0.717, 1.165) is 73.0 Å². The number of anilines is 2. The minimum atomic E-state index is -0.981.